The lowest BCUT2D eigenvalue weighted by molar-refractivity contribution is 0.661. The lowest BCUT2D eigenvalue weighted by Crippen LogP contribution is -2.35. The Hall–Kier alpha value is -6.92. The Kier molecular flexibility index (Phi) is 5.92. The van der Waals surface area contributed by atoms with Crippen LogP contribution in [-0.2, 0) is 0 Å². The molecule has 0 fully saturated rings. The molecule has 0 bridgehead atoms. The largest absolute Gasteiger partial charge is 0.456 e. The number of hydrogen-bond acceptors (Lipinski definition) is 5. The summed E-state index contributed by atoms with van der Waals surface area (Å²) in [5, 5.41) is 10.0. The van der Waals surface area contributed by atoms with E-state index in [1.807, 2.05) is 36.4 Å². The van der Waals surface area contributed by atoms with E-state index in [9.17, 15) is 0 Å². The molecule has 10 aromatic rings. The van der Waals surface area contributed by atoms with Crippen LogP contribution in [0.2, 0.25) is 0 Å². The predicted octanol–water partition coefficient (Wildman–Crippen LogP) is 11.1. The van der Waals surface area contributed by atoms with Crippen molar-refractivity contribution in [1.82, 2.24) is 9.88 Å². The van der Waals surface area contributed by atoms with Crippen LogP contribution >= 0.6 is 0 Å². The summed E-state index contributed by atoms with van der Waals surface area (Å²) in [4.78, 5) is 10.1. The molecular weight excluding hydrogens is 629 g/mol. The highest BCUT2D eigenvalue weighted by molar-refractivity contribution is 6.24. The Morgan fingerprint density at radius 2 is 1.08 bits per heavy atom. The van der Waals surface area contributed by atoms with E-state index in [2.05, 4.69) is 131 Å². The molecule has 1 aliphatic heterocycles. The third-order valence-electron chi connectivity index (χ3n) is 10.1. The molecule has 0 amide bonds. The van der Waals surface area contributed by atoms with Gasteiger partial charge in [0.05, 0.1) is 27.5 Å². The minimum absolute atomic E-state index is 0.450. The molecular formula is C45H28N4O2. The van der Waals surface area contributed by atoms with Gasteiger partial charge in [0.15, 0.2) is 6.17 Å². The minimum atomic E-state index is -0.450. The Morgan fingerprint density at radius 1 is 0.471 bits per heavy atom. The average molecular weight is 657 g/mol. The zero-order valence-electron chi connectivity index (χ0n) is 27.2. The predicted molar refractivity (Wildman–Crippen MR) is 207 cm³/mol. The third-order valence-corrected chi connectivity index (χ3v) is 10.1. The quantitative estimate of drug-likeness (QED) is 0.205. The van der Waals surface area contributed by atoms with Crippen molar-refractivity contribution in [3.63, 3.8) is 0 Å². The zero-order valence-corrected chi connectivity index (χ0v) is 27.2. The molecule has 6 nitrogen and oxygen atoms in total. The SMILES string of the molecule is c1ccc(C2=NC(c3ccc4c(c3)oc3ccc5c(oc6cccc(-n7c8ccccc8c8ccccc87)c65)c34)N=C(c3ccccc3)N2)cc1. The number of nitrogens with one attached hydrogen (secondary N) is 1. The highest BCUT2D eigenvalue weighted by atomic mass is 16.3. The molecule has 0 radical (unpaired) electrons. The van der Waals surface area contributed by atoms with E-state index in [1.165, 1.54) is 10.8 Å². The fraction of sp³-hybridized carbons (Fsp3) is 0.0222. The first-order valence-corrected chi connectivity index (χ1v) is 17.1. The number of aromatic nitrogens is 1. The van der Waals surface area contributed by atoms with Gasteiger partial charge in [-0.25, -0.2) is 9.98 Å². The molecule has 0 atom stereocenters. The summed E-state index contributed by atoms with van der Waals surface area (Å²) in [6.07, 6.45) is -0.450. The van der Waals surface area contributed by atoms with Crippen LogP contribution in [0.25, 0.3) is 71.4 Å². The maximum absolute atomic E-state index is 6.74. The Balaban J connectivity index is 1.09. The van der Waals surface area contributed by atoms with E-state index >= 15 is 0 Å². The van der Waals surface area contributed by atoms with Crippen LogP contribution in [0.4, 0.5) is 0 Å². The van der Waals surface area contributed by atoms with Gasteiger partial charge in [0.2, 0.25) is 0 Å². The summed E-state index contributed by atoms with van der Waals surface area (Å²) >= 11 is 0. The van der Waals surface area contributed by atoms with E-state index < -0.39 is 6.17 Å². The molecule has 3 aromatic heterocycles. The monoisotopic (exact) mass is 656 g/mol. The van der Waals surface area contributed by atoms with Crippen LogP contribution in [0.15, 0.2) is 177 Å². The van der Waals surface area contributed by atoms with Crippen molar-refractivity contribution in [1.29, 1.82) is 0 Å². The number of para-hydroxylation sites is 2. The first-order valence-electron chi connectivity index (χ1n) is 17.1. The smallest absolute Gasteiger partial charge is 0.169 e. The number of furan rings is 2. The van der Waals surface area contributed by atoms with Crippen LogP contribution < -0.4 is 5.32 Å². The van der Waals surface area contributed by atoms with Crippen molar-refractivity contribution in [2.45, 2.75) is 6.17 Å². The van der Waals surface area contributed by atoms with Gasteiger partial charge in [0.25, 0.3) is 0 Å². The summed E-state index contributed by atoms with van der Waals surface area (Å²) in [6, 6.07) is 54.4. The van der Waals surface area contributed by atoms with Crippen molar-refractivity contribution < 1.29 is 8.83 Å². The van der Waals surface area contributed by atoms with E-state index in [0.717, 1.165) is 89.0 Å². The van der Waals surface area contributed by atoms with Crippen molar-refractivity contribution >= 4 is 77.4 Å². The molecule has 0 spiro atoms. The average Bonchev–Trinajstić information content (AvgIpc) is 3.87. The van der Waals surface area contributed by atoms with Crippen molar-refractivity contribution in [3.05, 3.63) is 174 Å². The number of aliphatic imine (C=N–C) groups is 2. The van der Waals surface area contributed by atoms with E-state index in [4.69, 9.17) is 18.8 Å². The molecule has 1 aliphatic rings. The minimum Gasteiger partial charge on any atom is -0.456 e. The topological polar surface area (TPSA) is 68.0 Å². The normalized spacial score (nSPS) is 13.8. The van der Waals surface area contributed by atoms with Gasteiger partial charge in [-0.3, -0.25) is 0 Å². The van der Waals surface area contributed by atoms with Gasteiger partial charge in [-0.05, 0) is 48.5 Å². The summed E-state index contributed by atoms with van der Waals surface area (Å²) < 4.78 is 15.7. The standard InChI is InChI=1S/C45H28N4O2/c1-3-12-27(13-4-1)43-46-44(28-14-5-2-6-15-28)48-45(47-43)29-22-23-32-39(26-29)50-38-25-24-33-40-36(20-11-21-37(40)51-42(33)41(32)38)49-34-18-9-7-16-30(34)31-17-8-10-19-35(31)49/h1-26,45H,(H,46,47,48). The van der Waals surface area contributed by atoms with Crippen LogP contribution in [0.1, 0.15) is 22.9 Å². The summed E-state index contributed by atoms with van der Waals surface area (Å²) in [7, 11) is 0. The van der Waals surface area contributed by atoms with Gasteiger partial charge in [-0.1, -0.05) is 109 Å². The van der Waals surface area contributed by atoms with Crippen molar-refractivity contribution in [3.8, 4) is 5.69 Å². The van der Waals surface area contributed by atoms with Crippen LogP contribution in [0.5, 0.6) is 0 Å². The van der Waals surface area contributed by atoms with Gasteiger partial charge in [-0.2, -0.15) is 0 Å². The van der Waals surface area contributed by atoms with Gasteiger partial charge < -0.3 is 18.7 Å². The Labute approximate surface area is 291 Å². The molecule has 0 saturated heterocycles. The fourth-order valence-electron chi connectivity index (χ4n) is 7.75. The highest BCUT2D eigenvalue weighted by Crippen LogP contribution is 2.43. The fourth-order valence-corrected chi connectivity index (χ4v) is 7.75. The first kappa shape index (κ1) is 28.0. The van der Waals surface area contributed by atoms with Crippen LogP contribution in [0, 0.1) is 0 Å². The third kappa shape index (κ3) is 4.23. The second kappa shape index (κ2) is 10.8. The summed E-state index contributed by atoms with van der Waals surface area (Å²) in [5.74, 6) is 1.56. The molecule has 0 saturated carbocycles. The number of nitrogens with zero attached hydrogens (tertiary/aromatic N) is 3. The molecule has 4 heterocycles. The molecule has 6 heteroatoms. The lowest BCUT2D eigenvalue weighted by atomic mass is 10.0. The molecule has 0 unspecified atom stereocenters. The van der Waals surface area contributed by atoms with E-state index in [-0.39, 0.29) is 0 Å². The Morgan fingerprint density at radius 3 is 1.76 bits per heavy atom. The molecule has 1 N–H and O–H groups in total. The number of benzene rings is 7. The van der Waals surface area contributed by atoms with Crippen molar-refractivity contribution in [2.24, 2.45) is 9.98 Å². The second-order valence-corrected chi connectivity index (χ2v) is 13.0. The maximum atomic E-state index is 6.74. The van der Waals surface area contributed by atoms with Gasteiger partial charge in [-0.15, -0.1) is 0 Å². The maximum Gasteiger partial charge on any atom is 0.169 e. The number of hydrogen-bond donors (Lipinski definition) is 1. The van der Waals surface area contributed by atoms with Crippen LogP contribution in [-0.4, -0.2) is 16.2 Å². The number of rotatable bonds is 4. The van der Waals surface area contributed by atoms with Crippen molar-refractivity contribution in [2.75, 3.05) is 0 Å². The Bertz CT molecular complexity index is 2950. The number of fused-ring (bicyclic) bond motifs is 10. The van der Waals surface area contributed by atoms with Gasteiger partial charge >= 0.3 is 0 Å². The van der Waals surface area contributed by atoms with E-state index in [0.29, 0.717) is 0 Å². The zero-order chi connectivity index (χ0) is 33.5. The molecule has 51 heavy (non-hydrogen) atoms. The highest BCUT2D eigenvalue weighted by Gasteiger charge is 2.24. The first-order chi connectivity index (χ1) is 25.3. The van der Waals surface area contributed by atoms with Gasteiger partial charge in [0, 0.05) is 38.2 Å². The molecule has 7 aromatic carbocycles. The second-order valence-electron chi connectivity index (χ2n) is 13.0. The van der Waals surface area contributed by atoms with E-state index in [1.54, 1.807) is 0 Å². The molecule has 11 rings (SSSR count). The van der Waals surface area contributed by atoms with Crippen LogP contribution in [0.3, 0.4) is 0 Å². The summed E-state index contributed by atoms with van der Waals surface area (Å²) in [5.41, 5.74) is 9.56. The molecule has 0 aliphatic carbocycles. The van der Waals surface area contributed by atoms with Gasteiger partial charge in [0.1, 0.15) is 34.0 Å². The molecule has 240 valence electrons. The summed E-state index contributed by atoms with van der Waals surface area (Å²) in [6.45, 7) is 0. The lowest BCUT2D eigenvalue weighted by Gasteiger charge is -2.22. The number of amidine groups is 2.